The van der Waals surface area contributed by atoms with Crippen molar-refractivity contribution >= 4 is 5.97 Å². The van der Waals surface area contributed by atoms with Crippen LogP contribution in [-0.2, 0) is 6.18 Å². The molecule has 0 amide bonds. The largest absolute Gasteiger partial charge is 0.476 e. The SMILES string of the molecule is Cc1cc(=O)c(C(=O)O)nn1-c1cccc(C(F)(F)F)c1. The van der Waals surface area contributed by atoms with Crippen LogP contribution in [0.15, 0.2) is 35.1 Å². The number of rotatable bonds is 2. The summed E-state index contributed by atoms with van der Waals surface area (Å²) in [7, 11) is 0. The molecule has 0 atom stereocenters. The summed E-state index contributed by atoms with van der Waals surface area (Å²) in [6.07, 6.45) is -4.53. The highest BCUT2D eigenvalue weighted by Crippen LogP contribution is 2.30. The van der Waals surface area contributed by atoms with Gasteiger partial charge in [0.15, 0.2) is 0 Å². The van der Waals surface area contributed by atoms with Crippen molar-refractivity contribution in [2.24, 2.45) is 0 Å². The lowest BCUT2D eigenvalue weighted by Crippen LogP contribution is -2.22. The molecule has 1 aromatic carbocycles. The van der Waals surface area contributed by atoms with Crippen molar-refractivity contribution < 1.29 is 23.1 Å². The highest BCUT2D eigenvalue weighted by Gasteiger charge is 2.30. The van der Waals surface area contributed by atoms with E-state index in [1.807, 2.05) is 0 Å². The van der Waals surface area contributed by atoms with Crippen LogP contribution in [0.2, 0.25) is 0 Å². The smallest absolute Gasteiger partial charge is 0.416 e. The molecular formula is C13H9F3N2O3. The van der Waals surface area contributed by atoms with Gasteiger partial charge in [0, 0.05) is 11.8 Å². The van der Waals surface area contributed by atoms with Crippen molar-refractivity contribution in [1.82, 2.24) is 9.78 Å². The molecule has 0 aliphatic carbocycles. The zero-order valence-electron chi connectivity index (χ0n) is 10.7. The Morgan fingerprint density at radius 3 is 2.52 bits per heavy atom. The summed E-state index contributed by atoms with van der Waals surface area (Å²) in [6, 6.07) is 5.25. The number of aromatic carboxylic acids is 1. The monoisotopic (exact) mass is 298 g/mol. The first-order valence-electron chi connectivity index (χ1n) is 5.72. The van der Waals surface area contributed by atoms with E-state index in [2.05, 4.69) is 5.10 Å². The number of hydrogen-bond donors (Lipinski definition) is 1. The van der Waals surface area contributed by atoms with E-state index >= 15 is 0 Å². The number of aryl methyl sites for hydroxylation is 1. The molecule has 110 valence electrons. The fourth-order valence-electron chi connectivity index (χ4n) is 1.77. The van der Waals surface area contributed by atoms with E-state index in [9.17, 15) is 22.8 Å². The average molecular weight is 298 g/mol. The molecule has 21 heavy (non-hydrogen) atoms. The molecule has 0 unspecified atom stereocenters. The van der Waals surface area contributed by atoms with Crippen LogP contribution in [0.4, 0.5) is 13.2 Å². The van der Waals surface area contributed by atoms with E-state index in [0.29, 0.717) is 0 Å². The third kappa shape index (κ3) is 2.93. The zero-order valence-corrected chi connectivity index (χ0v) is 10.7. The number of hydrogen-bond acceptors (Lipinski definition) is 3. The van der Waals surface area contributed by atoms with Crippen LogP contribution in [0.3, 0.4) is 0 Å². The van der Waals surface area contributed by atoms with E-state index in [4.69, 9.17) is 5.11 Å². The van der Waals surface area contributed by atoms with Crippen LogP contribution < -0.4 is 5.43 Å². The van der Waals surface area contributed by atoms with Crippen molar-refractivity contribution in [3.63, 3.8) is 0 Å². The van der Waals surface area contributed by atoms with Gasteiger partial charge in [-0.2, -0.15) is 18.3 Å². The van der Waals surface area contributed by atoms with E-state index < -0.39 is 28.8 Å². The second kappa shape index (κ2) is 5.04. The van der Waals surface area contributed by atoms with Gasteiger partial charge in [0.1, 0.15) is 0 Å². The van der Waals surface area contributed by atoms with Crippen LogP contribution in [0.25, 0.3) is 5.69 Å². The molecule has 1 aromatic heterocycles. The quantitative estimate of drug-likeness (QED) is 0.923. The fourth-order valence-corrected chi connectivity index (χ4v) is 1.77. The normalized spacial score (nSPS) is 11.4. The van der Waals surface area contributed by atoms with Gasteiger partial charge in [-0.05, 0) is 25.1 Å². The van der Waals surface area contributed by atoms with Crippen LogP contribution in [0, 0.1) is 6.92 Å². The maximum atomic E-state index is 12.7. The van der Waals surface area contributed by atoms with Crippen molar-refractivity contribution in [3.8, 4) is 5.69 Å². The van der Waals surface area contributed by atoms with E-state index in [-0.39, 0.29) is 11.4 Å². The molecule has 0 saturated heterocycles. The summed E-state index contributed by atoms with van der Waals surface area (Å²) in [4.78, 5) is 22.3. The Labute approximate surface area is 116 Å². The molecule has 8 heteroatoms. The van der Waals surface area contributed by atoms with Crippen molar-refractivity contribution in [2.45, 2.75) is 13.1 Å². The molecule has 0 saturated carbocycles. The number of benzene rings is 1. The molecule has 0 aliphatic rings. The van der Waals surface area contributed by atoms with Crippen molar-refractivity contribution in [2.75, 3.05) is 0 Å². The third-order valence-electron chi connectivity index (χ3n) is 2.73. The summed E-state index contributed by atoms with van der Waals surface area (Å²) in [6.45, 7) is 1.44. The number of halogens is 3. The summed E-state index contributed by atoms with van der Waals surface area (Å²) < 4.78 is 39.0. The van der Waals surface area contributed by atoms with Gasteiger partial charge in [-0.1, -0.05) is 6.07 Å². The van der Waals surface area contributed by atoms with Gasteiger partial charge < -0.3 is 5.11 Å². The van der Waals surface area contributed by atoms with Gasteiger partial charge in [-0.15, -0.1) is 0 Å². The Bertz CT molecular complexity index is 766. The van der Waals surface area contributed by atoms with Gasteiger partial charge in [0.25, 0.3) is 0 Å². The van der Waals surface area contributed by atoms with Gasteiger partial charge in [-0.3, -0.25) is 4.79 Å². The Morgan fingerprint density at radius 1 is 1.29 bits per heavy atom. The predicted molar refractivity (Wildman–Crippen MR) is 66.5 cm³/mol. The molecule has 0 bridgehead atoms. The Kier molecular flexibility index (Phi) is 3.54. The number of alkyl halides is 3. The third-order valence-corrected chi connectivity index (χ3v) is 2.73. The molecular weight excluding hydrogens is 289 g/mol. The predicted octanol–water partition coefficient (Wildman–Crippen LogP) is 2.26. The maximum Gasteiger partial charge on any atom is 0.416 e. The van der Waals surface area contributed by atoms with Gasteiger partial charge in [0.05, 0.1) is 11.3 Å². The molecule has 1 N–H and O–H groups in total. The van der Waals surface area contributed by atoms with Crippen molar-refractivity contribution in [3.05, 3.63) is 57.5 Å². The fraction of sp³-hybridized carbons (Fsp3) is 0.154. The van der Waals surface area contributed by atoms with Crippen LogP contribution in [-0.4, -0.2) is 20.9 Å². The lowest BCUT2D eigenvalue weighted by molar-refractivity contribution is -0.137. The minimum atomic E-state index is -4.53. The topological polar surface area (TPSA) is 72.2 Å². The second-order valence-corrected chi connectivity index (χ2v) is 4.26. The number of carboxylic acid groups (broad SMARTS) is 1. The number of carboxylic acids is 1. The summed E-state index contributed by atoms with van der Waals surface area (Å²) in [5, 5.41) is 12.5. The van der Waals surface area contributed by atoms with Gasteiger partial charge in [0.2, 0.25) is 11.1 Å². The van der Waals surface area contributed by atoms with Gasteiger partial charge >= 0.3 is 12.1 Å². The molecule has 2 aromatic rings. The number of aromatic nitrogens is 2. The van der Waals surface area contributed by atoms with E-state index in [1.165, 1.54) is 19.1 Å². The second-order valence-electron chi connectivity index (χ2n) is 4.26. The van der Waals surface area contributed by atoms with Gasteiger partial charge in [-0.25, -0.2) is 9.48 Å². The number of carbonyl (C=O) groups is 1. The standard InChI is InChI=1S/C13H9F3N2O3/c1-7-5-10(19)11(12(20)21)17-18(7)9-4-2-3-8(6-9)13(14,15)16/h2-6H,1H3,(H,20,21). The lowest BCUT2D eigenvalue weighted by atomic mass is 10.2. The number of nitrogens with zero attached hydrogens (tertiary/aromatic N) is 2. The van der Waals surface area contributed by atoms with Crippen LogP contribution >= 0.6 is 0 Å². The first-order valence-corrected chi connectivity index (χ1v) is 5.72. The lowest BCUT2D eigenvalue weighted by Gasteiger charge is -2.12. The van der Waals surface area contributed by atoms with Crippen LogP contribution in [0.1, 0.15) is 21.7 Å². The molecule has 0 fully saturated rings. The maximum absolute atomic E-state index is 12.7. The zero-order chi connectivity index (χ0) is 15.8. The molecule has 0 spiro atoms. The summed E-state index contributed by atoms with van der Waals surface area (Å²) in [5.74, 6) is -1.54. The first kappa shape index (κ1) is 14.8. The van der Waals surface area contributed by atoms with E-state index in [0.717, 1.165) is 22.9 Å². The summed E-state index contributed by atoms with van der Waals surface area (Å²) in [5.41, 5.74) is -2.20. The summed E-state index contributed by atoms with van der Waals surface area (Å²) >= 11 is 0. The first-order chi connectivity index (χ1) is 9.70. The Hall–Kier alpha value is -2.64. The Morgan fingerprint density at radius 2 is 1.95 bits per heavy atom. The van der Waals surface area contributed by atoms with Crippen molar-refractivity contribution in [1.29, 1.82) is 0 Å². The van der Waals surface area contributed by atoms with E-state index in [1.54, 1.807) is 0 Å². The Balaban J connectivity index is 2.65. The molecule has 0 radical (unpaired) electrons. The minimum Gasteiger partial charge on any atom is -0.476 e. The molecule has 5 nitrogen and oxygen atoms in total. The average Bonchev–Trinajstić information content (AvgIpc) is 2.37. The highest BCUT2D eigenvalue weighted by atomic mass is 19.4. The van der Waals surface area contributed by atoms with Crippen LogP contribution in [0.5, 0.6) is 0 Å². The molecule has 1 heterocycles. The minimum absolute atomic E-state index is 0.0184. The molecule has 2 rings (SSSR count). The molecule has 0 aliphatic heterocycles. The highest BCUT2D eigenvalue weighted by molar-refractivity contribution is 5.84.